The van der Waals surface area contributed by atoms with Gasteiger partial charge in [-0.2, -0.15) is 0 Å². The van der Waals surface area contributed by atoms with E-state index < -0.39 is 0 Å². The van der Waals surface area contributed by atoms with E-state index in [4.69, 9.17) is 4.74 Å². The predicted octanol–water partition coefficient (Wildman–Crippen LogP) is 1.92. The van der Waals surface area contributed by atoms with Gasteiger partial charge >= 0.3 is 0 Å². The predicted molar refractivity (Wildman–Crippen MR) is 68.8 cm³/mol. The Balaban J connectivity index is 1.85. The van der Waals surface area contributed by atoms with Gasteiger partial charge in [-0.25, -0.2) is 0 Å². The molecule has 1 aliphatic rings. The minimum atomic E-state index is 0.551. The fraction of sp³-hybridized carbons (Fsp3) is 1.00. The molecule has 1 saturated heterocycles. The van der Waals surface area contributed by atoms with Crippen LogP contribution < -0.4 is 10.6 Å². The lowest BCUT2D eigenvalue weighted by molar-refractivity contribution is 0.102. The molecular formula is C13H28N2O. The molecule has 0 spiro atoms. The molecule has 0 bridgehead atoms. The number of nitrogens with one attached hydrogen (secondary N) is 2. The maximum atomic E-state index is 5.60. The second kappa shape index (κ2) is 8.97. The zero-order valence-electron chi connectivity index (χ0n) is 10.9. The lowest BCUT2D eigenvalue weighted by Crippen LogP contribution is -2.37. The summed E-state index contributed by atoms with van der Waals surface area (Å²) in [6, 6.07) is 0.580. The van der Waals surface area contributed by atoms with E-state index in [0.29, 0.717) is 12.1 Å². The van der Waals surface area contributed by atoms with Gasteiger partial charge in [0.2, 0.25) is 0 Å². The molecule has 0 radical (unpaired) electrons. The van der Waals surface area contributed by atoms with Crippen molar-refractivity contribution in [2.45, 2.75) is 58.1 Å². The van der Waals surface area contributed by atoms with E-state index in [1.807, 2.05) is 0 Å². The average molecular weight is 228 g/mol. The van der Waals surface area contributed by atoms with E-state index in [1.54, 1.807) is 0 Å². The molecule has 0 amide bonds. The third kappa shape index (κ3) is 6.46. The van der Waals surface area contributed by atoms with Crippen molar-refractivity contribution in [2.75, 3.05) is 26.2 Å². The Hall–Kier alpha value is -0.120. The Morgan fingerprint density at radius 1 is 1.38 bits per heavy atom. The summed E-state index contributed by atoms with van der Waals surface area (Å²) in [6.07, 6.45) is 6.76. The van der Waals surface area contributed by atoms with Crippen molar-refractivity contribution >= 4 is 0 Å². The first-order chi connectivity index (χ1) is 7.83. The Morgan fingerprint density at radius 3 is 2.94 bits per heavy atom. The molecule has 2 atom stereocenters. The molecule has 2 N–H and O–H groups in total. The zero-order valence-corrected chi connectivity index (χ0v) is 10.9. The van der Waals surface area contributed by atoms with Gasteiger partial charge in [-0.05, 0) is 52.1 Å². The Labute approximate surface area is 100 Å². The van der Waals surface area contributed by atoms with E-state index in [0.717, 1.165) is 26.2 Å². The van der Waals surface area contributed by atoms with Gasteiger partial charge in [0.05, 0.1) is 6.10 Å². The summed E-state index contributed by atoms with van der Waals surface area (Å²) in [5.74, 6) is 0. The van der Waals surface area contributed by atoms with E-state index in [-0.39, 0.29) is 0 Å². The zero-order chi connectivity index (χ0) is 11.6. The maximum absolute atomic E-state index is 5.60. The van der Waals surface area contributed by atoms with Crippen LogP contribution in [-0.4, -0.2) is 38.4 Å². The molecular weight excluding hydrogens is 200 g/mol. The highest BCUT2D eigenvalue weighted by Gasteiger charge is 2.14. The van der Waals surface area contributed by atoms with Crippen molar-refractivity contribution in [3.05, 3.63) is 0 Å². The molecule has 96 valence electrons. The van der Waals surface area contributed by atoms with Crippen LogP contribution in [0.15, 0.2) is 0 Å². The van der Waals surface area contributed by atoms with Crippen molar-refractivity contribution in [1.82, 2.24) is 10.6 Å². The van der Waals surface area contributed by atoms with Crippen LogP contribution in [0.5, 0.6) is 0 Å². The summed E-state index contributed by atoms with van der Waals surface area (Å²) in [7, 11) is 0. The van der Waals surface area contributed by atoms with Crippen LogP contribution in [0.2, 0.25) is 0 Å². The van der Waals surface area contributed by atoms with E-state index >= 15 is 0 Å². The highest BCUT2D eigenvalue weighted by molar-refractivity contribution is 4.67. The minimum absolute atomic E-state index is 0.551. The van der Waals surface area contributed by atoms with Crippen LogP contribution in [0.4, 0.5) is 0 Å². The molecule has 0 saturated carbocycles. The summed E-state index contributed by atoms with van der Waals surface area (Å²) in [6.45, 7) is 8.75. The van der Waals surface area contributed by atoms with Crippen molar-refractivity contribution < 1.29 is 4.74 Å². The standard InChI is InChI=1S/C13H28N2O/c1-3-8-14-11-12(2)15-9-4-6-13-7-5-10-16-13/h12-15H,3-11H2,1-2H3. The first kappa shape index (κ1) is 13.9. The number of rotatable bonds is 9. The van der Waals surface area contributed by atoms with Crippen molar-refractivity contribution in [1.29, 1.82) is 0 Å². The highest BCUT2D eigenvalue weighted by Crippen LogP contribution is 2.16. The molecule has 3 nitrogen and oxygen atoms in total. The van der Waals surface area contributed by atoms with Crippen LogP contribution in [-0.2, 0) is 4.74 Å². The molecule has 0 aromatic heterocycles. The summed E-state index contributed by atoms with van der Waals surface area (Å²) >= 11 is 0. The minimum Gasteiger partial charge on any atom is -0.378 e. The number of hydrogen-bond acceptors (Lipinski definition) is 3. The normalized spacial score (nSPS) is 22.5. The third-order valence-electron chi connectivity index (χ3n) is 3.10. The van der Waals surface area contributed by atoms with Gasteiger partial charge in [0.15, 0.2) is 0 Å². The molecule has 0 aromatic carbocycles. The summed E-state index contributed by atoms with van der Waals surface area (Å²) in [5.41, 5.74) is 0. The molecule has 2 unspecified atom stereocenters. The third-order valence-corrected chi connectivity index (χ3v) is 3.10. The smallest absolute Gasteiger partial charge is 0.0576 e. The van der Waals surface area contributed by atoms with Crippen LogP contribution in [0, 0.1) is 0 Å². The second-order valence-corrected chi connectivity index (χ2v) is 4.84. The van der Waals surface area contributed by atoms with Gasteiger partial charge in [-0.3, -0.25) is 0 Å². The van der Waals surface area contributed by atoms with Crippen molar-refractivity contribution in [3.8, 4) is 0 Å². The van der Waals surface area contributed by atoms with Crippen molar-refractivity contribution in [3.63, 3.8) is 0 Å². The van der Waals surface area contributed by atoms with Gasteiger partial charge in [0, 0.05) is 19.2 Å². The molecule has 16 heavy (non-hydrogen) atoms. The van der Waals surface area contributed by atoms with Crippen LogP contribution in [0.25, 0.3) is 0 Å². The monoisotopic (exact) mass is 228 g/mol. The molecule has 1 rings (SSSR count). The Kier molecular flexibility index (Phi) is 7.81. The van der Waals surface area contributed by atoms with Gasteiger partial charge in [0.25, 0.3) is 0 Å². The summed E-state index contributed by atoms with van der Waals surface area (Å²) < 4.78 is 5.60. The molecule has 1 aliphatic heterocycles. The second-order valence-electron chi connectivity index (χ2n) is 4.84. The fourth-order valence-electron chi connectivity index (χ4n) is 2.12. The van der Waals surface area contributed by atoms with Crippen molar-refractivity contribution in [2.24, 2.45) is 0 Å². The topological polar surface area (TPSA) is 33.3 Å². The summed E-state index contributed by atoms with van der Waals surface area (Å²) in [4.78, 5) is 0. The lowest BCUT2D eigenvalue weighted by Gasteiger charge is -2.15. The highest BCUT2D eigenvalue weighted by atomic mass is 16.5. The first-order valence-electron chi connectivity index (χ1n) is 6.88. The largest absolute Gasteiger partial charge is 0.378 e. The van der Waals surface area contributed by atoms with Crippen LogP contribution >= 0.6 is 0 Å². The van der Waals surface area contributed by atoms with Gasteiger partial charge < -0.3 is 15.4 Å². The van der Waals surface area contributed by atoms with Crippen LogP contribution in [0.1, 0.15) is 46.0 Å². The molecule has 3 heteroatoms. The molecule has 1 fully saturated rings. The van der Waals surface area contributed by atoms with E-state index in [9.17, 15) is 0 Å². The maximum Gasteiger partial charge on any atom is 0.0576 e. The Morgan fingerprint density at radius 2 is 2.25 bits per heavy atom. The molecule has 1 heterocycles. The number of hydrogen-bond donors (Lipinski definition) is 2. The van der Waals surface area contributed by atoms with Gasteiger partial charge in [0.1, 0.15) is 0 Å². The number of ether oxygens (including phenoxy) is 1. The van der Waals surface area contributed by atoms with E-state index in [2.05, 4.69) is 24.5 Å². The van der Waals surface area contributed by atoms with Gasteiger partial charge in [-0.15, -0.1) is 0 Å². The van der Waals surface area contributed by atoms with E-state index in [1.165, 1.54) is 32.1 Å². The van der Waals surface area contributed by atoms with Gasteiger partial charge in [-0.1, -0.05) is 6.92 Å². The average Bonchev–Trinajstić information content (AvgIpc) is 2.78. The lowest BCUT2D eigenvalue weighted by atomic mass is 10.1. The van der Waals surface area contributed by atoms with Crippen LogP contribution in [0.3, 0.4) is 0 Å². The molecule has 0 aromatic rings. The first-order valence-corrected chi connectivity index (χ1v) is 6.88. The Bertz CT molecular complexity index is 158. The molecule has 0 aliphatic carbocycles. The SMILES string of the molecule is CCCNCC(C)NCCCC1CCCO1. The quantitative estimate of drug-likeness (QED) is 0.592. The fourth-order valence-corrected chi connectivity index (χ4v) is 2.12. The summed E-state index contributed by atoms with van der Waals surface area (Å²) in [5, 5.41) is 6.98.